The monoisotopic (exact) mass is 480 g/mol. The van der Waals surface area contributed by atoms with E-state index in [9.17, 15) is 22.0 Å². The second-order valence-electron chi connectivity index (χ2n) is 8.77. The fourth-order valence-corrected chi connectivity index (χ4v) is 4.10. The Morgan fingerprint density at radius 3 is 1.23 bits per heavy atom. The summed E-state index contributed by atoms with van der Waals surface area (Å²) in [4.78, 5) is 0. The molecule has 0 saturated heterocycles. The van der Waals surface area contributed by atoms with Crippen LogP contribution >= 0.6 is 0 Å². The lowest BCUT2D eigenvalue weighted by atomic mass is 9.98. The maximum atomic E-state index is 13.8. The minimum absolute atomic E-state index is 0.0278. The molecule has 180 valence electrons. The third kappa shape index (κ3) is 5.97. The number of hydrogen-bond acceptors (Lipinski definition) is 0. The van der Waals surface area contributed by atoms with Gasteiger partial charge in [-0.15, -0.1) is 0 Å². The Kier molecular flexibility index (Phi) is 7.64. The van der Waals surface area contributed by atoms with Crippen molar-refractivity contribution in [2.24, 2.45) is 0 Å². The van der Waals surface area contributed by atoms with Crippen LogP contribution in [0.4, 0.5) is 22.0 Å². The number of benzene rings is 4. The molecule has 5 heteroatoms. The van der Waals surface area contributed by atoms with Crippen molar-refractivity contribution in [2.75, 3.05) is 0 Å². The number of rotatable bonds is 8. The fourth-order valence-electron chi connectivity index (χ4n) is 4.10. The summed E-state index contributed by atoms with van der Waals surface area (Å²) in [7, 11) is 0. The molecule has 0 aliphatic carbocycles. The minimum atomic E-state index is -1.46. The molecular weight excluding hydrogens is 455 g/mol. The lowest BCUT2D eigenvalue weighted by Gasteiger charge is -2.08. The van der Waals surface area contributed by atoms with Crippen molar-refractivity contribution >= 4 is 0 Å². The molecule has 0 fully saturated rings. The van der Waals surface area contributed by atoms with Gasteiger partial charge in [0.15, 0.2) is 17.5 Å². The number of aryl methyl sites for hydroxylation is 2. The van der Waals surface area contributed by atoms with Crippen LogP contribution in [-0.4, -0.2) is 0 Å². The van der Waals surface area contributed by atoms with Gasteiger partial charge in [-0.25, -0.2) is 22.0 Å². The molecule has 0 spiro atoms. The predicted molar refractivity (Wildman–Crippen MR) is 130 cm³/mol. The highest BCUT2D eigenvalue weighted by atomic mass is 19.2. The van der Waals surface area contributed by atoms with Crippen LogP contribution in [0.5, 0.6) is 0 Å². The molecule has 0 N–H and O–H groups in total. The Morgan fingerprint density at radius 2 is 0.829 bits per heavy atom. The Hall–Kier alpha value is -3.47. The van der Waals surface area contributed by atoms with E-state index in [1.54, 1.807) is 12.1 Å². The quantitative estimate of drug-likeness (QED) is 0.134. The van der Waals surface area contributed by atoms with Crippen molar-refractivity contribution in [1.29, 1.82) is 0 Å². The standard InChI is InChI=1S/C30H25F5/c1-19-26(31)15-24(16-27(19)32)22-11-7-20(8-12-22)5-3-2-4-6-21-9-13-23(14-10-21)25-17-28(33)30(35)29(34)18-25/h7-18H,2-6H2,1H3. The first-order valence-corrected chi connectivity index (χ1v) is 11.6. The third-order valence-corrected chi connectivity index (χ3v) is 6.27. The molecule has 0 aromatic heterocycles. The third-order valence-electron chi connectivity index (χ3n) is 6.27. The van der Waals surface area contributed by atoms with E-state index in [4.69, 9.17) is 0 Å². The van der Waals surface area contributed by atoms with Gasteiger partial charge in [0, 0.05) is 5.56 Å². The molecule has 0 aliphatic heterocycles. The number of hydrogen-bond donors (Lipinski definition) is 0. The number of halogens is 5. The van der Waals surface area contributed by atoms with Gasteiger partial charge < -0.3 is 0 Å². The van der Waals surface area contributed by atoms with Gasteiger partial charge in [-0.2, -0.15) is 0 Å². The van der Waals surface area contributed by atoms with Crippen LogP contribution in [0.1, 0.15) is 36.0 Å². The van der Waals surface area contributed by atoms with Gasteiger partial charge in [-0.05, 0) is 90.3 Å². The van der Waals surface area contributed by atoms with E-state index in [-0.39, 0.29) is 5.56 Å². The normalized spacial score (nSPS) is 11.1. The van der Waals surface area contributed by atoms with Crippen LogP contribution in [0.25, 0.3) is 22.3 Å². The smallest absolute Gasteiger partial charge is 0.194 e. The van der Waals surface area contributed by atoms with Gasteiger partial charge in [0.05, 0.1) is 0 Å². The van der Waals surface area contributed by atoms with Crippen molar-refractivity contribution in [2.45, 2.75) is 39.0 Å². The molecule has 0 bridgehead atoms. The summed E-state index contributed by atoms with van der Waals surface area (Å²) in [6.07, 6.45) is 4.85. The van der Waals surface area contributed by atoms with Crippen LogP contribution in [-0.2, 0) is 12.8 Å². The molecule has 0 aliphatic rings. The highest BCUT2D eigenvalue weighted by molar-refractivity contribution is 5.65. The zero-order valence-electron chi connectivity index (χ0n) is 19.4. The predicted octanol–water partition coefficient (Wildman–Crippen LogP) is 8.98. The summed E-state index contributed by atoms with van der Waals surface area (Å²) >= 11 is 0. The fraction of sp³-hybridized carbons (Fsp3) is 0.200. The molecule has 0 atom stereocenters. The average molecular weight is 481 g/mol. The molecule has 4 rings (SSSR count). The Balaban J connectivity index is 1.25. The van der Waals surface area contributed by atoms with E-state index in [0.29, 0.717) is 16.7 Å². The van der Waals surface area contributed by atoms with Crippen LogP contribution in [0, 0.1) is 36.0 Å². The summed E-state index contributed by atoms with van der Waals surface area (Å²) in [5.41, 5.74) is 4.56. The summed E-state index contributed by atoms with van der Waals surface area (Å²) in [6, 6.07) is 19.9. The van der Waals surface area contributed by atoms with Gasteiger partial charge in [0.2, 0.25) is 0 Å². The van der Waals surface area contributed by atoms with Gasteiger partial charge in [-0.3, -0.25) is 0 Å². The van der Waals surface area contributed by atoms with Crippen LogP contribution in [0.2, 0.25) is 0 Å². The van der Waals surface area contributed by atoms with E-state index in [1.807, 2.05) is 36.4 Å². The van der Waals surface area contributed by atoms with Gasteiger partial charge in [-0.1, -0.05) is 55.0 Å². The Morgan fingerprint density at radius 1 is 0.457 bits per heavy atom. The van der Waals surface area contributed by atoms with Gasteiger partial charge in [0.1, 0.15) is 11.6 Å². The second kappa shape index (κ2) is 10.9. The molecule has 4 aromatic rings. The first kappa shape index (κ1) is 24.6. The lowest BCUT2D eigenvalue weighted by molar-refractivity contribution is 0.448. The van der Waals surface area contributed by atoms with Crippen LogP contribution in [0.3, 0.4) is 0 Å². The number of unbranched alkanes of at least 4 members (excludes halogenated alkanes) is 2. The van der Waals surface area contributed by atoms with E-state index in [2.05, 4.69) is 0 Å². The van der Waals surface area contributed by atoms with Crippen LogP contribution < -0.4 is 0 Å². The summed E-state index contributed by atoms with van der Waals surface area (Å²) in [5, 5.41) is 0. The van der Waals surface area contributed by atoms with E-state index in [1.165, 1.54) is 24.6 Å². The molecule has 0 nitrogen and oxygen atoms in total. The van der Waals surface area contributed by atoms with E-state index in [0.717, 1.165) is 55.4 Å². The molecule has 0 heterocycles. The van der Waals surface area contributed by atoms with Crippen molar-refractivity contribution in [3.63, 3.8) is 0 Å². The molecule has 0 unspecified atom stereocenters. The molecule has 0 amide bonds. The highest BCUT2D eigenvalue weighted by Crippen LogP contribution is 2.26. The molecule has 35 heavy (non-hydrogen) atoms. The summed E-state index contributed by atoms with van der Waals surface area (Å²) < 4.78 is 67.7. The molecule has 0 radical (unpaired) electrons. The van der Waals surface area contributed by atoms with Gasteiger partial charge in [0.25, 0.3) is 0 Å². The summed E-state index contributed by atoms with van der Waals surface area (Å²) in [5.74, 6) is -4.94. The van der Waals surface area contributed by atoms with Crippen molar-refractivity contribution in [3.8, 4) is 22.3 Å². The average Bonchev–Trinajstić information content (AvgIpc) is 2.86. The largest absolute Gasteiger partial charge is 0.207 e. The molecule has 0 saturated carbocycles. The highest BCUT2D eigenvalue weighted by Gasteiger charge is 2.12. The first-order valence-electron chi connectivity index (χ1n) is 11.6. The van der Waals surface area contributed by atoms with E-state index < -0.39 is 29.1 Å². The molecular formula is C30H25F5. The van der Waals surface area contributed by atoms with Crippen molar-refractivity contribution < 1.29 is 22.0 Å². The van der Waals surface area contributed by atoms with Crippen LogP contribution in [0.15, 0.2) is 72.8 Å². The summed E-state index contributed by atoms with van der Waals surface area (Å²) in [6.45, 7) is 1.42. The maximum Gasteiger partial charge on any atom is 0.194 e. The topological polar surface area (TPSA) is 0 Å². The Labute approximate surface area is 202 Å². The SMILES string of the molecule is Cc1c(F)cc(-c2ccc(CCCCCc3ccc(-c4cc(F)c(F)c(F)c4)cc3)cc2)cc1F. The zero-order valence-corrected chi connectivity index (χ0v) is 19.4. The lowest BCUT2D eigenvalue weighted by Crippen LogP contribution is -1.93. The maximum absolute atomic E-state index is 13.8. The first-order chi connectivity index (χ1) is 16.8. The van der Waals surface area contributed by atoms with E-state index >= 15 is 0 Å². The van der Waals surface area contributed by atoms with Gasteiger partial charge >= 0.3 is 0 Å². The minimum Gasteiger partial charge on any atom is -0.207 e. The van der Waals surface area contributed by atoms with Crippen molar-refractivity contribution in [1.82, 2.24) is 0 Å². The second-order valence-corrected chi connectivity index (χ2v) is 8.77. The zero-order chi connectivity index (χ0) is 24.9. The van der Waals surface area contributed by atoms with Crippen molar-refractivity contribution in [3.05, 3.63) is 119 Å². The molecule has 4 aromatic carbocycles. The Bertz CT molecular complexity index is 1160.